The van der Waals surface area contributed by atoms with Crippen molar-refractivity contribution >= 4 is 15.9 Å². The van der Waals surface area contributed by atoms with Crippen LogP contribution in [0.3, 0.4) is 0 Å². The molecule has 2 nitrogen and oxygen atoms in total. The largest absolute Gasteiger partial charge is 0.491 e. The average Bonchev–Trinajstić information content (AvgIpc) is 2.13. The Morgan fingerprint density at radius 1 is 1.12 bits per heavy atom. The Balaban J connectivity index is 2.27. The van der Waals surface area contributed by atoms with Gasteiger partial charge in [-0.15, -0.1) is 0 Å². The highest BCUT2D eigenvalue weighted by molar-refractivity contribution is 9.10. The fraction of sp³-hybridized carbons (Fsp3) is 0.400. The highest BCUT2D eigenvalue weighted by Gasteiger charge is 2.27. The summed E-state index contributed by atoms with van der Waals surface area (Å²) in [4.78, 5) is 0. The van der Waals surface area contributed by atoms with E-state index >= 15 is 0 Å². The van der Waals surface area contributed by atoms with Gasteiger partial charge in [-0.25, -0.2) is 4.39 Å². The van der Waals surface area contributed by atoms with Gasteiger partial charge in [0, 0.05) is 10.5 Å². The molecule has 0 bridgehead atoms. The van der Waals surface area contributed by atoms with Crippen LogP contribution in [0.15, 0.2) is 22.7 Å². The van der Waals surface area contributed by atoms with Gasteiger partial charge in [-0.3, -0.25) is 0 Å². The minimum absolute atomic E-state index is 0.0774. The molecule has 0 N–H and O–H groups in total. The van der Waals surface area contributed by atoms with Gasteiger partial charge >= 0.3 is 6.18 Å². The molecule has 0 heterocycles. The van der Waals surface area contributed by atoms with Crippen LogP contribution in [-0.4, -0.2) is 26.0 Å². The molecule has 0 spiro atoms. The summed E-state index contributed by atoms with van der Waals surface area (Å²) < 4.78 is 57.8. The maximum absolute atomic E-state index is 12.9. The van der Waals surface area contributed by atoms with Gasteiger partial charge in [-0.05, 0) is 12.1 Å². The maximum Gasteiger partial charge on any atom is 0.411 e. The molecule has 7 heteroatoms. The van der Waals surface area contributed by atoms with Crippen molar-refractivity contribution in [3.8, 4) is 5.75 Å². The van der Waals surface area contributed by atoms with E-state index in [0.29, 0.717) is 4.47 Å². The Morgan fingerprint density at radius 2 is 1.82 bits per heavy atom. The van der Waals surface area contributed by atoms with E-state index < -0.39 is 18.6 Å². The lowest BCUT2D eigenvalue weighted by atomic mass is 10.3. The number of benzene rings is 1. The van der Waals surface area contributed by atoms with E-state index in [-0.39, 0.29) is 19.0 Å². The van der Waals surface area contributed by atoms with E-state index in [1.165, 1.54) is 12.1 Å². The standard InChI is InChI=1S/C10H9BrF4O2/c11-7-3-8(12)5-9(4-7)17-2-1-16-6-10(13,14)15/h3-5H,1-2,6H2. The zero-order valence-corrected chi connectivity index (χ0v) is 10.1. The van der Waals surface area contributed by atoms with Gasteiger partial charge in [-0.2, -0.15) is 13.2 Å². The van der Waals surface area contributed by atoms with Crippen LogP contribution in [0.2, 0.25) is 0 Å². The predicted molar refractivity (Wildman–Crippen MR) is 56.5 cm³/mol. The Hall–Kier alpha value is -0.820. The van der Waals surface area contributed by atoms with E-state index in [1.807, 2.05) is 0 Å². The van der Waals surface area contributed by atoms with E-state index in [1.54, 1.807) is 0 Å². The molecule has 0 saturated carbocycles. The average molecular weight is 317 g/mol. The Morgan fingerprint density at radius 3 is 2.41 bits per heavy atom. The molecular formula is C10H9BrF4O2. The molecule has 0 aliphatic heterocycles. The molecule has 0 aliphatic carbocycles. The topological polar surface area (TPSA) is 18.5 Å². The van der Waals surface area contributed by atoms with Gasteiger partial charge in [0.05, 0.1) is 6.61 Å². The maximum atomic E-state index is 12.9. The quantitative estimate of drug-likeness (QED) is 0.611. The molecule has 1 aromatic carbocycles. The number of alkyl halides is 3. The van der Waals surface area contributed by atoms with Gasteiger partial charge in [0.25, 0.3) is 0 Å². The first-order chi connectivity index (χ1) is 7.87. The third kappa shape index (κ3) is 6.48. The molecule has 17 heavy (non-hydrogen) atoms. The summed E-state index contributed by atoms with van der Waals surface area (Å²) in [6.07, 6.45) is -4.35. The Bertz CT molecular complexity index is 348. The second-order valence-corrected chi connectivity index (χ2v) is 4.04. The summed E-state index contributed by atoms with van der Waals surface area (Å²) in [7, 11) is 0. The van der Waals surface area contributed by atoms with Crippen LogP contribution in [0.4, 0.5) is 17.6 Å². The molecule has 0 unspecified atom stereocenters. The van der Waals surface area contributed by atoms with Crippen molar-refractivity contribution < 1.29 is 27.0 Å². The SMILES string of the molecule is Fc1cc(Br)cc(OCCOCC(F)(F)F)c1. The second-order valence-electron chi connectivity index (χ2n) is 3.12. The molecule has 1 aromatic rings. The number of halogens is 5. The second kappa shape index (κ2) is 6.20. The summed E-state index contributed by atoms with van der Waals surface area (Å²) in [5.74, 6) is -0.266. The van der Waals surface area contributed by atoms with Crippen molar-refractivity contribution in [2.75, 3.05) is 19.8 Å². The minimum atomic E-state index is -4.35. The van der Waals surface area contributed by atoms with Crippen molar-refractivity contribution in [2.24, 2.45) is 0 Å². The van der Waals surface area contributed by atoms with Crippen LogP contribution in [0.5, 0.6) is 5.75 Å². The van der Waals surface area contributed by atoms with E-state index in [9.17, 15) is 17.6 Å². The molecule has 0 aromatic heterocycles. The normalized spacial score (nSPS) is 11.6. The van der Waals surface area contributed by atoms with Crippen LogP contribution in [0.1, 0.15) is 0 Å². The van der Waals surface area contributed by atoms with E-state index in [0.717, 1.165) is 6.07 Å². The first-order valence-corrected chi connectivity index (χ1v) is 5.39. The number of hydrogen-bond acceptors (Lipinski definition) is 2. The highest BCUT2D eigenvalue weighted by atomic mass is 79.9. The first kappa shape index (κ1) is 14.2. The zero-order chi connectivity index (χ0) is 12.9. The van der Waals surface area contributed by atoms with Crippen LogP contribution in [0, 0.1) is 5.82 Å². The van der Waals surface area contributed by atoms with E-state index in [4.69, 9.17) is 4.74 Å². The zero-order valence-electron chi connectivity index (χ0n) is 8.56. The van der Waals surface area contributed by atoms with Gasteiger partial charge in [-0.1, -0.05) is 15.9 Å². The monoisotopic (exact) mass is 316 g/mol. The number of ether oxygens (including phenoxy) is 2. The lowest BCUT2D eigenvalue weighted by molar-refractivity contribution is -0.175. The van der Waals surface area contributed by atoms with Gasteiger partial charge < -0.3 is 9.47 Å². The lowest BCUT2D eigenvalue weighted by Gasteiger charge is -2.09. The Labute approximate surface area is 104 Å². The summed E-state index contributed by atoms with van der Waals surface area (Å²) >= 11 is 3.06. The molecule has 0 radical (unpaired) electrons. The molecule has 0 fully saturated rings. The highest BCUT2D eigenvalue weighted by Crippen LogP contribution is 2.20. The van der Waals surface area contributed by atoms with Gasteiger partial charge in [0.1, 0.15) is 24.8 Å². The van der Waals surface area contributed by atoms with E-state index in [2.05, 4.69) is 20.7 Å². The third-order valence-electron chi connectivity index (χ3n) is 1.60. The summed E-state index contributed by atoms with van der Waals surface area (Å²) in [5.41, 5.74) is 0. The van der Waals surface area contributed by atoms with Gasteiger partial charge in [0.15, 0.2) is 0 Å². The van der Waals surface area contributed by atoms with Crippen molar-refractivity contribution in [3.05, 3.63) is 28.5 Å². The predicted octanol–water partition coefficient (Wildman–Crippen LogP) is 3.55. The molecular weight excluding hydrogens is 308 g/mol. The molecule has 0 saturated heterocycles. The molecule has 96 valence electrons. The summed E-state index contributed by atoms with van der Waals surface area (Å²) in [5, 5.41) is 0. The van der Waals surface area contributed by atoms with Crippen LogP contribution in [0.25, 0.3) is 0 Å². The number of rotatable bonds is 5. The fourth-order valence-electron chi connectivity index (χ4n) is 1.02. The summed E-state index contributed by atoms with van der Waals surface area (Å²) in [6.45, 7) is -1.61. The summed E-state index contributed by atoms with van der Waals surface area (Å²) in [6, 6.07) is 3.88. The van der Waals surface area contributed by atoms with Gasteiger partial charge in [0.2, 0.25) is 0 Å². The van der Waals surface area contributed by atoms with Crippen LogP contribution < -0.4 is 4.74 Å². The first-order valence-electron chi connectivity index (χ1n) is 4.60. The Kier molecular flexibility index (Phi) is 5.20. The van der Waals surface area contributed by atoms with Crippen LogP contribution >= 0.6 is 15.9 Å². The van der Waals surface area contributed by atoms with Crippen molar-refractivity contribution in [1.82, 2.24) is 0 Å². The number of hydrogen-bond donors (Lipinski definition) is 0. The fourth-order valence-corrected chi connectivity index (χ4v) is 1.46. The van der Waals surface area contributed by atoms with Crippen LogP contribution in [-0.2, 0) is 4.74 Å². The smallest absolute Gasteiger partial charge is 0.411 e. The molecule has 0 amide bonds. The van der Waals surface area contributed by atoms with Crippen molar-refractivity contribution in [1.29, 1.82) is 0 Å². The lowest BCUT2D eigenvalue weighted by Crippen LogP contribution is -2.19. The minimum Gasteiger partial charge on any atom is -0.491 e. The molecule has 0 aliphatic rings. The van der Waals surface area contributed by atoms with Crippen molar-refractivity contribution in [2.45, 2.75) is 6.18 Å². The molecule has 1 rings (SSSR count). The third-order valence-corrected chi connectivity index (χ3v) is 2.06. The molecule has 0 atom stereocenters. The van der Waals surface area contributed by atoms with Crippen molar-refractivity contribution in [3.63, 3.8) is 0 Å².